The van der Waals surface area contributed by atoms with Crippen molar-refractivity contribution in [2.45, 2.75) is 44.6 Å². The maximum absolute atomic E-state index is 4.52. The van der Waals surface area contributed by atoms with Gasteiger partial charge < -0.3 is 15.6 Å². The molecule has 0 saturated heterocycles. The lowest BCUT2D eigenvalue weighted by Crippen LogP contribution is -2.32. The summed E-state index contributed by atoms with van der Waals surface area (Å²) >= 11 is 0. The summed E-state index contributed by atoms with van der Waals surface area (Å²) in [6.07, 6.45) is 8.27. The molecule has 108 valence electrons. The first-order chi connectivity index (χ1) is 9.92. The molecule has 1 aromatic heterocycles. The molecule has 2 aromatic rings. The monoisotopic (exact) mass is 272 g/mol. The highest BCUT2D eigenvalue weighted by Gasteiger charge is 2.10. The molecule has 1 aromatic carbocycles. The summed E-state index contributed by atoms with van der Waals surface area (Å²) in [5, 5.41) is 7.02. The molecule has 0 aliphatic heterocycles. The molecule has 0 amide bonds. The third-order valence-corrected chi connectivity index (χ3v) is 4.10. The van der Waals surface area contributed by atoms with Gasteiger partial charge in [-0.1, -0.05) is 37.8 Å². The summed E-state index contributed by atoms with van der Waals surface area (Å²) in [6.45, 7) is 1.91. The van der Waals surface area contributed by atoms with Crippen molar-refractivity contribution in [2.24, 2.45) is 0 Å². The van der Waals surface area contributed by atoms with Crippen LogP contribution in [0.3, 0.4) is 0 Å². The van der Waals surface area contributed by atoms with Crippen LogP contribution in [-0.2, 0) is 0 Å². The number of imidazole rings is 1. The van der Waals surface area contributed by atoms with Gasteiger partial charge in [-0.3, -0.25) is 0 Å². The molecule has 0 bridgehead atoms. The average molecular weight is 272 g/mol. The second kappa shape index (κ2) is 6.75. The molecular formula is C16H24N4. The Kier molecular flexibility index (Phi) is 4.53. The van der Waals surface area contributed by atoms with Crippen molar-refractivity contribution in [3.8, 4) is 0 Å². The summed E-state index contributed by atoms with van der Waals surface area (Å²) < 4.78 is 0. The molecule has 0 spiro atoms. The fourth-order valence-corrected chi connectivity index (χ4v) is 2.98. The molecule has 1 heterocycles. The van der Waals surface area contributed by atoms with E-state index in [-0.39, 0.29) is 0 Å². The van der Waals surface area contributed by atoms with Crippen LogP contribution >= 0.6 is 0 Å². The van der Waals surface area contributed by atoms with Crippen LogP contribution in [0.15, 0.2) is 24.3 Å². The lowest BCUT2D eigenvalue weighted by atomic mass is 10.1. The smallest absolute Gasteiger partial charge is 0.201 e. The number of fused-ring (bicyclic) bond motifs is 1. The van der Waals surface area contributed by atoms with E-state index in [2.05, 4.69) is 26.7 Å². The minimum Gasteiger partial charge on any atom is -0.355 e. The Bertz CT molecular complexity index is 493. The molecule has 0 radical (unpaired) electrons. The van der Waals surface area contributed by atoms with Crippen molar-refractivity contribution >= 4 is 17.0 Å². The highest BCUT2D eigenvalue weighted by atomic mass is 15.1. The quantitative estimate of drug-likeness (QED) is 0.578. The van der Waals surface area contributed by atoms with E-state index in [0.29, 0.717) is 0 Å². The van der Waals surface area contributed by atoms with Gasteiger partial charge in [0.1, 0.15) is 0 Å². The highest BCUT2D eigenvalue weighted by molar-refractivity contribution is 5.77. The highest BCUT2D eigenvalue weighted by Crippen LogP contribution is 2.17. The number of aromatic amines is 1. The van der Waals surface area contributed by atoms with Gasteiger partial charge in [0.2, 0.25) is 5.95 Å². The second-order valence-electron chi connectivity index (χ2n) is 5.67. The minimum absolute atomic E-state index is 0.718. The average Bonchev–Trinajstić information content (AvgIpc) is 2.70. The van der Waals surface area contributed by atoms with Gasteiger partial charge in [0.15, 0.2) is 0 Å². The van der Waals surface area contributed by atoms with Crippen molar-refractivity contribution < 1.29 is 0 Å². The number of anilines is 1. The van der Waals surface area contributed by atoms with E-state index >= 15 is 0 Å². The summed E-state index contributed by atoms with van der Waals surface area (Å²) in [4.78, 5) is 7.81. The molecule has 0 atom stereocenters. The number of nitrogens with one attached hydrogen (secondary N) is 3. The number of benzene rings is 1. The lowest BCUT2D eigenvalue weighted by Gasteiger charge is -2.16. The number of nitrogens with zero attached hydrogens (tertiary/aromatic N) is 1. The number of hydrogen-bond donors (Lipinski definition) is 3. The van der Waals surface area contributed by atoms with Crippen LogP contribution in [0, 0.1) is 0 Å². The van der Waals surface area contributed by atoms with Crippen molar-refractivity contribution in [1.29, 1.82) is 0 Å². The molecule has 4 heteroatoms. The summed E-state index contributed by atoms with van der Waals surface area (Å²) in [5.41, 5.74) is 2.11. The van der Waals surface area contributed by atoms with Gasteiger partial charge in [-0.2, -0.15) is 0 Å². The summed E-state index contributed by atoms with van der Waals surface area (Å²) in [5.74, 6) is 0.869. The minimum atomic E-state index is 0.718. The van der Waals surface area contributed by atoms with Gasteiger partial charge in [-0.25, -0.2) is 4.98 Å². The molecule has 4 nitrogen and oxygen atoms in total. The van der Waals surface area contributed by atoms with Gasteiger partial charge >= 0.3 is 0 Å². The van der Waals surface area contributed by atoms with Crippen LogP contribution < -0.4 is 10.6 Å². The Morgan fingerprint density at radius 1 is 1.05 bits per heavy atom. The van der Waals surface area contributed by atoms with Gasteiger partial charge in [0.05, 0.1) is 11.0 Å². The Morgan fingerprint density at radius 3 is 2.65 bits per heavy atom. The van der Waals surface area contributed by atoms with Crippen molar-refractivity contribution in [1.82, 2.24) is 15.3 Å². The van der Waals surface area contributed by atoms with Gasteiger partial charge in [-0.15, -0.1) is 0 Å². The fraction of sp³-hybridized carbons (Fsp3) is 0.562. The zero-order valence-corrected chi connectivity index (χ0v) is 12.0. The predicted octanol–water partition coefficient (Wildman–Crippen LogP) is 3.29. The fourth-order valence-electron chi connectivity index (χ4n) is 2.98. The van der Waals surface area contributed by atoms with Crippen LogP contribution in [0.25, 0.3) is 11.0 Å². The molecule has 1 aliphatic carbocycles. The lowest BCUT2D eigenvalue weighted by molar-refractivity contribution is 0.468. The van der Waals surface area contributed by atoms with E-state index in [1.54, 1.807) is 0 Å². The van der Waals surface area contributed by atoms with E-state index in [1.165, 1.54) is 38.5 Å². The number of H-pyrrole nitrogens is 1. The molecule has 0 unspecified atom stereocenters. The van der Waals surface area contributed by atoms with Crippen molar-refractivity contribution in [3.05, 3.63) is 24.3 Å². The van der Waals surface area contributed by atoms with Gasteiger partial charge in [0, 0.05) is 19.1 Å². The molecule has 1 saturated carbocycles. The van der Waals surface area contributed by atoms with E-state index in [1.807, 2.05) is 18.2 Å². The maximum atomic E-state index is 4.52. The first kappa shape index (κ1) is 13.4. The van der Waals surface area contributed by atoms with Crippen LogP contribution in [0.2, 0.25) is 0 Å². The van der Waals surface area contributed by atoms with Gasteiger partial charge in [0.25, 0.3) is 0 Å². The molecule has 1 aliphatic rings. The zero-order valence-electron chi connectivity index (χ0n) is 12.0. The first-order valence-electron chi connectivity index (χ1n) is 7.84. The second-order valence-corrected chi connectivity index (χ2v) is 5.67. The van der Waals surface area contributed by atoms with Crippen LogP contribution in [-0.4, -0.2) is 29.1 Å². The predicted molar refractivity (Wildman–Crippen MR) is 84.1 cm³/mol. The van der Waals surface area contributed by atoms with Crippen LogP contribution in [0.1, 0.15) is 38.5 Å². The normalized spacial score (nSPS) is 17.2. The van der Waals surface area contributed by atoms with Crippen molar-refractivity contribution in [3.63, 3.8) is 0 Å². The number of aromatic nitrogens is 2. The molecule has 3 N–H and O–H groups in total. The summed E-state index contributed by atoms with van der Waals surface area (Å²) in [7, 11) is 0. The van der Waals surface area contributed by atoms with E-state index in [9.17, 15) is 0 Å². The van der Waals surface area contributed by atoms with E-state index in [4.69, 9.17) is 0 Å². The Labute approximate surface area is 120 Å². The maximum Gasteiger partial charge on any atom is 0.201 e. The Balaban J connectivity index is 1.43. The SMILES string of the molecule is c1ccc2[nH]c(NCCNC3CCCCCC3)nc2c1. The molecule has 20 heavy (non-hydrogen) atoms. The van der Waals surface area contributed by atoms with E-state index < -0.39 is 0 Å². The van der Waals surface area contributed by atoms with Crippen LogP contribution in [0.5, 0.6) is 0 Å². The van der Waals surface area contributed by atoms with Crippen LogP contribution in [0.4, 0.5) is 5.95 Å². The third kappa shape index (κ3) is 3.51. The summed E-state index contributed by atoms with van der Waals surface area (Å²) in [6, 6.07) is 8.84. The number of hydrogen-bond acceptors (Lipinski definition) is 3. The van der Waals surface area contributed by atoms with Gasteiger partial charge in [-0.05, 0) is 25.0 Å². The Morgan fingerprint density at radius 2 is 1.85 bits per heavy atom. The Hall–Kier alpha value is -1.55. The molecule has 3 rings (SSSR count). The zero-order chi connectivity index (χ0) is 13.6. The molecule has 1 fully saturated rings. The number of para-hydroxylation sites is 2. The van der Waals surface area contributed by atoms with E-state index in [0.717, 1.165) is 36.1 Å². The topological polar surface area (TPSA) is 52.7 Å². The third-order valence-electron chi connectivity index (χ3n) is 4.10. The molecular weight excluding hydrogens is 248 g/mol. The first-order valence-corrected chi connectivity index (χ1v) is 7.84. The largest absolute Gasteiger partial charge is 0.355 e. The number of rotatable bonds is 5. The van der Waals surface area contributed by atoms with Crippen molar-refractivity contribution in [2.75, 3.05) is 18.4 Å². The standard InChI is InChI=1S/C16H24N4/c1-2-4-8-13(7-3-1)17-11-12-18-16-19-14-9-5-6-10-15(14)20-16/h5-6,9-10,13,17H,1-4,7-8,11-12H2,(H2,18,19,20).